The SMILES string of the molecule is CC(C)(C)[CH]c1cc(-c2cc(F)ccc2F)cn1Cc1ccccc1. The quantitative estimate of drug-likeness (QED) is 0.543. The molecule has 25 heavy (non-hydrogen) atoms. The lowest BCUT2D eigenvalue weighted by Crippen LogP contribution is -2.11. The largest absolute Gasteiger partial charge is 0.346 e. The Labute approximate surface area is 147 Å². The fourth-order valence-electron chi connectivity index (χ4n) is 2.87. The molecule has 0 amide bonds. The highest BCUT2D eigenvalue weighted by Crippen LogP contribution is 2.31. The van der Waals surface area contributed by atoms with Gasteiger partial charge in [0, 0.05) is 36.0 Å². The van der Waals surface area contributed by atoms with E-state index in [2.05, 4.69) is 43.9 Å². The number of benzene rings is 2. The van der Waals surface area contributed by atoms with Crippen molar-refractivity contribution < 1.29 is 8.78 Å². The Balaban J connectivity index is 2.03. The van der Waals surface area contributed by atoms with E-state index in [0.29, 0.717) is 12.1 Å². The first-order valence-electron chi connectivity index (χ1n) is 8.37. The van der Waals surface area contributed by atoms with E-state index in [1.54, 1.807) is 0 Å². The van der Waals surface area contributed by atoms with Crippen LogP contribution in [0, 0.1) is 23.5 Å². The van der Waals surface area contributed by atoms with Gasteiger partial charge in [0.25, 0.3) is 0 Å². The zero-order chi connectivity index (χ0) is 18.0. The Morgan fingerprint density at radius 2 is 1.68 bits per heavy atom. The summed E-state index contributed by atoms with van der Waals surface area (Å²) < 4.78 is 29.8. The molecule has 3 aromatic rings. The highest BCUT2D eigenvalue weighted by atomic mass is 19.1. The Bertz CT molecular complexity index is 857. The van der Waals surface area contributed by atoms with Gasteiger partial charge in [-0.25, -0.2) is 8.78 Å². The summed E-state index contributed by atoms with van der Waals surface area (Å²) in [5.41, 5.74) is 3.10. The van der Waals surface area contributed by atoms with Crippen LogP contribution in [0.25, 0.3) is 11.1 Å². The second-order valence-electron chi connectivity index (χ2n) is 7.40. The van der Waals surface area contributed by atoms with E-state index in [1.165, 1.54) is 12.1 Å². The van der Waals surface area contributed by atoms with Gasteiger partial charge in [-0.05, 0) is 35.2 Å². The van der Waals surface area contributed by atoms with Gasteiger partial charge in [-0.15, -0.1) is 0 Å². The summed E-state index contributed by atoms with van der Waals surface area (Å²) in [5.74, 6) is -0.853. The van der Waals surface area contributed by atoms with Crippen molar-refractivity contribution in [1.29, 1.82) is 0 Å². The normalized spacial score (nSPS) is 11.7. The van der Waals surface area contributed by atoms with Crippen LogP contribution >= 0.6 is 0 Å². The molecular formula is C22H22F2N. The minimum Gasteiger partial charge on any atom is -0.346 e. The molecule has 129 valence electrons. The molecule has 0 aliphatic heterocycles. The Morgan fingerprint density at radius 3 is 2.36 bits per heavy atom. The van der Waals surface area contributed by atoms with E-state index in [-0.39, 0.29) is 11.0 Å². The molecule has 0 N–H and O–H groups in total. The highest BCUT2D eigenvalue weighted by molar-refractivity contribution is 5.65. The average molecular weight is 338 g/mol. The summed E-state index contributed by atoms with van der Waals surface area (Å²) in [4.78, 5) is 0. The second-order valence-corrected chi connectivity index (χ2v) is 7.40. The van der Waals surface area contributed by atoms with Crippen LogP contribution in [0.5, 0.6) is 0 Å². The molecule has 0 spiro atoms. The summed E-state index contributed by atoms with van der Waals surface area (Å²) in [5, 5.41) is 0. The number of halogens is 2. The number of aromatic nitrogens is 1. The molecule has 0 atom stereocenters. The fourth-order valence-corrected chi connectivity index (χ4v) is 2.87. The minimum absolute atomic E-state index is 0.0233. The zero-order valence-electron chi connectivity index (χ0n) is 14.8. The Hall–Kier alpha value is -2.42. The van der Waals surface area contributed by atoms with Gasteiger partial charge in [-0.2, -0.15) is 0 Å². The Kier molecular flexibility index (Phi) is 4.76. The van der Waals surface area contributed by atoms with Crippen molar-refractivity contribution in [3.05, 3.63) is 90.1 Å². The molecule has 3 heteroatoms. The van der Waals surface area contributed by atoms with Crippen LogP contribution < -0.4 is 0 Å². The van der Waals surface area contributed by atoms with Gasteiger partial charge in [0.2, 0.25) is 0 Å². The number of rotatable bonds is 4. The summed E-state index contributed by atoms with van der Waals surface area (Å²) in [6.07, 6.45) is 4.04. The van der Waals surface area contributed by atoms with Crippen LogP contribution in [0.15, 0.2) is 60.8 Å². The van der Waals surface area contributed by atoms with Crippen molar-refractivity contribution in [2.24, 2.45) is 5.41 Å². The molecule has 0 aliphatic carbocycles. The van der Waals surface area contributed by atoms with Gasteiger partial charge < -0.3 is 4.57 Å². The molecule has 1 aromatic heterocycles. The van der Waals surface area contributed by atoms with Crippen LogP contribution in [0.3, 0.4) is 0 Å². The smallest absolute Gasteiger partial charge is 0.131 e. The monoisotopic (exact) mass is 338 g/mol. The van der Waals surface area contributed by atoms with Crippen LogP contribution in [0.1, 0.15) is 32.0 Å². The van der Waals surface area contributed by atoms with E-state index >= 15 is 0 Å². The first-order valence-corrected chi connectivity index (χ1v) is 8.37. The predicted octanol–water partition coefficient (Wildman–Crippen LogP) is 6.08. The molecule has 0 aliphatic rings. The van der Waals surface area contributed by atoms with Gasteiger partial charge in [0.15, 0.2) is 0 Å². The van der Waals surface area contributed by atoms with Crippen molar-refractivity contribution in [3.8, 4) is 11.1 Å². The molecule has 0 bridgehead atoms. The molecule has 1 heterocycles. The maximum absolute atomic E-state index is 14.2. The fraction of sp³-hybridized carbons (Fsp3) is 0.227. The minimum atomic E-state index is -0.437. The van der Waals surface area contributed by atoms with Gasteiger partial charge in [-0.3, -0.25) is 0 Å². The summed E-state index contributed by atoms with van der Waals surface area (Å²) >= 11 is 0. The molecule has 2 aromatic carbocycles. The van der Waals surface area contributed by atoms with Gasteiger partial charge in [0.05, 0.1) is 0 Å². The van der Waals surface area contributed by atoms with Crippen molar-refractivity contribution in [1.82, 2.24) is 4.57 Å². The number of hydrogen-bond donors (Lipinski definition) is 0. The van der Waals surface area contributed by atoms with E-state index < -0.39 is 11.6 Å². The van der Waals surface area contributed by atoms with E-state index in [4.69, 9.17) is 0 Å². The molecule has 0 saturated heterocycles. The first-order chi connectivity index (χ1) is 11.8. The molecule has 0 unspecified atom stereocenters. The number of hydrogen-bond acceptors (Lipinski definition) is 0. The van der Waals surface area contributed by atoms with Crippen molar-refractivity contribution in [2.45, 2.75) is 27.3 Å². The van der Waals surface area contributed by atoms with Crippen molar-refractivity contribution >= 4 is 0 Å². The van der Waals surface area contributed by atoms with E-state index in [1.807, 2.05) is 30.5 Å². The van der Waals surface area contributed by atoms with Crippen molar-refractivity contribution in [3.63, 3.8) is 0 Å². The van der Waals surface area contributed by atoms with Gasteiger partial charge >= 0.3 is 0 Å². The topological polar surface area (TPSA) is 4.93 Å². The molecule has 3 rings (SSSR count). The highest BCUT2D eigenvalue weighted by Gasteiger charge is 2.18. The standard InChI is InChI=1S/C22H22F2N/c1-22(2,3)13-19-11-17(20-12-18(23)9-10-21(20)24)15-25(19)14-16-7-5-4-6-8-16/h4-13,15H,14H2,1-3H3. The van der Waals surface area contributed by atoms with Gasteiger partial charge in [-0.1, -0.05) is 51.1 Å². The maximum Gasteiger partial charge on any atom is 0.131 e. The third-order valence-corrected chi connectivity index (χ3v) is 3.95. The van der Waals surface area contributed by atoms with Crippen molar-refractivity contribution in [2.75, 3.05) is 0 Å². The van der Waals surface area contributed by atoms with Gasteiger partial charge in [0.1, 0.15) is 11.6 Å². The van der Waals surface area contributed by atoms with Crippen LogP contribution in [-0.4, -0.2) is 4.57 Å². The van der Waals surface area contributed by atoms with E-state index in [0.717, 1.165) is 17.3 Å². The lowest BCUT2D eigenvalue weighted by molar-refractivity contribution is 0.496. The van der Waals surface area contributed by atoms with Crippen LogP contribution in [0.4, 0.5) is 8.78 Å². The molecule has 1 nitrogen and oxygen atoms in total. The lowest BCUT2D eigenvalue weighted by Gasteiger charge is -2.19. The lowest BCUT2D eigenvalue weighted by atomic mass is 9.90. The first kappa shape index (κ1) is 17.4. The molecule has 0 fully saturated rings. The second kappa shape index (κ2) is 6.83. The average Bonchev–Trinajstić information content (AvgIpc) is 2.91. The molecule has 0 saturated carbocycles. The molecule has 1 radical (unpaired) electrons. The summed E-state index contributed by atoms with van der Waals surface area (Å²) in [6, 6.07) is 15.6. The zero-order valence-corrected chi connectivity index (χ0v) is 14.8. The van der Waals surface area contributed by atoms with Crippen LogP contribution in [-0.2, 0) is 6.54 Å². The van der Waals surface area contributed by atoms with Crippen LogP contribution in [0.2, 0.25) is 0 Å². The third kappa shape index (κ3) is 4.36. The predicted molar refractivity (Wildman–Crippen MR) is 98.2 cm³/mol. The molecular weight excluding hydrogens is 316 g/mol. The summed E-state index contributed by atoms with van der Waals surface area (Å²) in [6.45, 7) is 7.04. The number of nitrogens with zero attached hydrogens (tertiary/aromatic N) is 1. The third-order valence-electron chi connectivity index (χ3n) is 3.95. The van der Waals surface area contributed by atoms with E-state index in [9.17, 15) is 8.78 Å². The summed E-state index contributed by atoms with van der Waals surface area (Å²) in [7, 11) is 0. The Morgan fingerprint density at radius 1 is 0.960 bits per heavy atom. The maximum atomic E-state index is 14.2.